The van der Waals surface area contributed by atoms with Crippen molar-refractivity contribution in [3.05, 3.63) is 23.8 Å². The Morgan fingerprint density at radius 2 is 1.86 bits per heavy atom. The van der Waals surface area contributed by atoms with Crippen LogP contribution in [0.25, 0.3) is 11.0 Å². The first-order chi connectivity index (χ1) is 6.68. The summed E-state index contributed by atoms with van der Waals surface area (Å²) in [6.45, 7) is 7.82. The number of aromatic nitrogens is 3. The summed E-state index contributed by atoms with van der Waals surface area (Å²) in [5, 5.41) is 1.02. The van der Waals surface area contributed by atoms with Crippen molar-refractivity contribution >= 4 is 11.0 Å². The molecule has 0 atom stereocenters. The first-order valence-electron chi connectivity index (χ1n) is 4.76. The molecule has 0 aliphatic heterocycles. The first-order valence-corrected chi connectivity index (χ1v) is 4.76. The molecule has 0 bridgehead atoms. The van der Waals surface area contributed by atoms with Crippen LogP contribution in [0.3, 0.4) is 0 Å². The molecule has 0 amide bonds. The summed E-state index contributed by atoms with van der Waals surface area (Å²) in [7, 11) is 0. The van der Waals surface area contributed by atoms with Crippen molar-refractivity contribution in [1.82, 2.24) is 14.6 Å². The molecule has 0 aliphatic carbocycles. The quantitative estimate of drug-likeness (QED) is 0.647. The number of rotatable bonds is 0. The minimum absolute atomic E-state index is 0.755. The van der Waals surface area contributed by atoms with Gasteiger partial charge in [0.1, 0.15) is 5.82 Å². The van der Waals surface area contributed by atoms with Crippen molar-refractivity contribution in [1.29, 1.82) is 0 Å². The van der Waals surface area contributed by atoms with Crippen LogP contribution in [0, 0.1) is 13.8 Å². The Labute approximate surface area is 83.7 Å². The fourth-order valence-corrected chi connectivity index (χ4v) is 1.32. The molecular weight excluding hydrogens is 176 g/mol. The molecule has 0 radical (unpaired) electrons. The van der Waals surface area contributed by atoms with E-state index in [9.17, 15) is 0 Å². The van der Waals surface area contributed by atoms with E-state index < -0.39 is 0 Å². The van der Waals surface area contributed by atoms with Gasteiger partial charge in [0, 0.05) is 11.6 Å². The van der Waals surface area contributed by atoms with Crippen LogP contribution >= 0.6 is 0 Å². The van der Waals surface area contributed by atoms with Gasteiger partial charge in [-0.15, -0.1) is 0 Å². The van der Waals surface area contributed by atoms with Crippen molar-refractivity contribution in [2.24, 2.45) is 0 Å². The molecule has 0 saturated carbocycles. The normalized spacial score (nSPS) is 9.71. The van der Waals surface area contributed by atoms with Gasteiger partial charge in [0.25, 0.3) is 0 Å². The average molecular weight is 192 g/mol. The van der Waals surface area contributed by atoms with E-state index in [1.165, 1.54) is 4.68 Å². The number of hydrogen-bond acceptors (Lipinski definition) is 3. The van der Waals surface area contributed by atoms with Gasteiger partial charge in [0.05, 0.1) is 5.69 Å². The maximum absolute atomic E-state index is 5.64. The SMILES string of the molecule is CC.Cc1nc(C)c2ccn(N)c2n1. The molecule has 0 unspecified atom stereocenters. The lowest BCUT2D eigenvalue weighted by atomic mass is 10.3. The predicted octanol–water partition coefficient (Wildman–Crippen LogP) is 1.79. The minimum Gasteiger partial charge on any atom is -0.338 e. The van der Waals surface area contributed by atoms with E-state index in [1.54, 1.807) is 6.20 Å². The largest absolute Gasteiger partial charge is 0.338 e. The molecule has 14 heavy (non-hydrogen) atoms. The van der Waals surface area contributed by atoms with E-state index in [0.717, 1.165) is 22.6 Å². The number of nitrogen functional groups attached to an aromatic ring is 1. The molecule has 2 rings (SSSR count). The highest BCUT2D eigenvalue weighted by molar-refractivity contribution is 5.78. The number of hydrogen-bond donors (Lipinski definition) is 1. The lowest BCUT2D eigenvalue weighted by Gasteiger charge is -1.98. The zero-order chi connectivity index (χ0) is 10.7. The number of fused-ring (bicyclic) bond motifs is 1. The van der Waals surface area contributed by atoms with E-state index in [2.05, 4.69) is 9.97 Å². The van der Waals surface area contributed by atoms with Crippen LogP contribution in [0.5, 0.6) is 0 Å². The molecule has 2 heterocycles. The van der Waals surface area contributed by atoms with Crippen molar-refractivity contribution in [2.45, 2.75) is 27.7 Å². The van der Waals surface area contributed by atoms with Gasteiger partial charge in [0.2, 0.25) is 0 Å². The summed E-state index contributed by atoms with van der Waals surface area (Å²) in [5.41, 5.74) is 1.77. The van der Waals surface area contributed by atoms with Gasteiger partial charge in [-0.2, -0.15) is 0 Å². The van der Waals surface area contributed by atoms with Crippen LogP contribution in [0.4, 0.5) is 0 Å². The van der Waals surface area contributed by atoms with Gasteiger partial charge >= 0.3 is 0 Å². The fraction of sp³-hybridized carbons (Fsp3) is 0.400. The van der Waals surface area contributed by atoms with Crippen LogP contribution in [0.1, 0.15) is 25.4 Å². The molecule has 2 aromatic heterocycles. The summed E-state index contributed by atoms with van der Waals surface area (Å²) in [5.74, 6) is 6.40. The van der Waals surface area contributed by atoms with Crippen molar-refractivity contribution in [3.8, 4) is 0 Å². The minimum atomic E-state index is 0.755. The second-order valence-electron chi connectivity index (χ2n) is 2.82. The smallest absolute Gasteiger partial charge is 0.162 e. The summed E-state index contributed by atoms with van der Waals surface area (Å²) in [6, 6.07) is 1.92. The zero-order valence-corrected chi connectivity index (χ0v) is 9.07. The van der Waals surface area contributed by atoms with E-state index in [1.807, 2.05) is 33.8 Å². The molecular formula is C10H16N4. The van der Waals surface area contributed by atoms with Crippen LogP contribution < -0.4 is 5.84 Å². The van der Waals surface area contributed by atoms with Gasteiger partial charge < -0.3 is 5.84 Å². The van der Waals surface area contributed by atoms with E-state index in [0.29, 0.717) is 0 Å². The van der Waals surface area contributed by atoms with Crippen molar-refractivity contribution in [3.63, 3.8) is 0 Å². The number of nitrogens with two attached hydrogens (primary N) is 1. The molecule has 76 valence electrons. The standard InChI is InChI=1S/C8H10N4.C2H6/c1-5-7-3-4-12(9)8(7)11-6(2)10-5;1-2/h3-4H,9H2,1-2H3;1-2H3. The first kappa shape index (κ1) is 10.5. The summed E-state index contributed by atoms with van der Waals surface area (Å²) in [4.78, 5) is 8.46. The molecule has 4 heteroatoms. The summed E-state index contributed by atoms with van der Waals surface area (Å²) < 4.78 is 1.51. The second kappa shape index (κ2) is 4.09. The average Bonchev–Trinajstić information content (AvgIpc) is 2.52. The third kappa shape index (κ3) is 1.69. The Bertz CT molecular complexity index is 431. The van der Waals surface area contributed by atoms with Crippen LogP contribution in [0.15, 0.2) is 12.3 Å². The van der Waals surface area contributed by atoms with Gasteiger partial charge in [0.15, 0.2) is 5.65 Å². The topological polar surface area (TPSA) is 56.7 Å². The maximum atomic E-state index is 5.64. The molecule has 0 aromatic carbocycles. The monoisotopic (exact) mass is 192 g/mol. The highest BCUT2D eigenvalue weighted by atomic mass is 15.3. The Hall–Kier alpha value is -1.58. The predicted molar refractivity (Wildman–Crippen MR) is 58.5 cm³/mol. The Morgan fingerprint density at radius 1 is 1.21 bits per heavy atom. The molecule has 0 fully saturated rings. The molecule has 0 spiro atoms. The molecule has 2 N–H and O–H groups in total. The van der Waals surface area contributed by atoms with Crippen LogP contribution in [-0.4, -0.2) is 14.6 Å². The lowest BCUT2D eigenvalue weighted by Crippen LogP contribution is -2.07. The van der Waals surface area contributed by atoms with Crippen molar-refractivity contribution < 1.29 is 0 Å². The zero-order valence-electron chi connectivity index (χ0n) is 9.07. The van der Waals surface area contributed by atoms with Crippen LogP contribution in [-0.2, 0) is 0 Å². The highest BCUT2D eigenvalue weighted by Gasteiger charge is 2.04. The van der Waals surface area contributed by atoms with Crippen molar-refractivity contribution in [2.75, 3.05) is 5.84 Å². The van der Waals surface area contributed by atoms with E-state index in [4.69, 9.17) is 5.84 Å². The van der Waals surface area contributed by atoms with Crippen LogP contribution in [0.2, 0.25) is 0 Å². The molecule has 0 saturated heterocycles. The number of aryl methyl sites for hydroxylation is 2. The summed E-state index contributed by atoms with van der Waals surface area (Å²) >= 11 is 0. The highest BCUT2D eigenvalue weighted by Crippen LogP contribution is 2.13. The van der Waals surface area contributed by atoms with Gasteiger partial charge in [-0.3, -0.25) is 4.68 Å². The molecule has 4 nitrogen and oxygen atoms in total. The van der Waals surface area contributed by atoms with Gasteiger partial charge in [-0.1, -0.05) is 13.8 Å². The Balaban J connectivity index is 0.000000461. The van der Waals surface area contributed by atoms with E-state index in [-0.39, 0.29) is 0 Å². The third-order valence-corrected chi connectivity index (χ3v) is 1.87. The number of nitrogens with zero attached hydrogens (tertiary/aromatic N) is 3. The summed E-state index contributed by atoms with van der Waals surface area (Å²) in [6.07, 6.45) is 1.78. The lowest BCUT2D eigenvalue weighted by molar-refractivity contribution is 0.985. The van der Waals surface area contributed by atoms with Gasteiger partial charge in [-0.05, 0) is 19.9 Å². The maximum Gasteiger partial charge on any atom is 0.162 e. The second-order valence-corrected chi connectivity index (χ2v) is 2.82. The fourth-order valence-electron chi connectivity index (χ4n) is 1.32. The Kier molecular flexibility index (Phi) is 3.06. The van der Waals surface area contributed by atoms with E-state index >= 15 is 0 Å². The third-order valence-electron chi connectivity index (χ3n) is 1.87. The molecule has 2 aromatic rings. The van der Waals surface area contributed by atoms with Gasteiger partial charge in [-0.25, -0.2) is 9.97 Å². The Morgan fingerprint density at radius 3 is 2.50 bits per heavy atom. The molecule has 0 aliphatic rings.